The fraction of sp³-hybridized carbons (Fsp3) is 0.263. The number of nitrogens with two attached hydrogens (primary N) is 1. The van der Waals surface area contributed by atoms with Gasteiger partial charge < -0.3 is 25.6 Å². The van der Waals surface area contributed by atoms with Crippen LogP contribution in [0.5, 0.6) is 11.5 Å². The molecule has 0 amide bonds. The van der Waals surface area contributed by atoms with Crippen LogP contribution in [0.4, 0.5) is 5.69 Å². The molecule has 5 N–H and O–H groups in total. The van der Waals surface area contributed by atoms with E-state index in [-0.39, 0.29) is 5.84 Å². The summed E-state index contributed by atoms with van der Waals surface area (Å²) >= 11 is 0. The van der Waals surface area contributed by atoms with Crippen LogP contribution in [0.15, 0.2) is 42.5 Å². The molecule has 2 aromatic rings. The van der Waals surface area contributed by atoms with Crippen LogP contribution in [0.1, 0.15) is 30.5 Å². The topological polar surface area (TPSA) is 118 Å². The summed E-state index contributed by atoms with van der Waals surface area (Å²) in [5.41, 5.74) is 7.15. The zero-order valence-electron chi connectivity index (χ0n) is 14.8. The second kappa shape index (κ2) is 8.75. The summed E-state index contributed by atoms with van der Waals surface area (Å²) in [6.45, 7) is 2.50. The van der Waals surface area contributed by atoms with Gasteiger partial charge >= 0.3 is 5.97 Å². The van der Waals surface area contributed by atoms with Gasteiger partial charge in [0.25, 0.3) is 0 Å². The molecule has 0 heterocycles. The molecule has 7 nitrogen and oxygen atoms in total. The van der Waals surface area contributed by atoms with E-state index in [9.17, 15) is 9.90 Å². The number of methoxy groups -OCH3 is 1. The summed E-state index contributed by atoms with van der Waals surface area (Å²) in [4.78, 5) is 11.8. The highest BCUT2D eigenvalue weighted by Crippen LogP contribution is 2.32. The second-order valence-corrected chi connectivity index (χ2v) is 5.67. The first-order valence-electron chi connectivity index (χ1n) is 8.20. The third-order valence-electron chi connectivity index (χ3n) is 3.74. The molecular formula is C19H23N3O4. The van der Waals surface area contributed by atoms with Crippen LogP contribution in [0, 0.1) is 5.41 Å². The molecule has 0 aromatic heterocycles. The second-order valence-electron chi connectivity index (χ2n) is 5.67. The zero-order chi connectivity index (χ0) is 19.1. The summed E-state index contributed by atoms with van der Waals surface area (Å²) in [7, 11) is 1.54. The number of nitrogens with one attached hydrogen (secondary N) is 2. The lowest BCUT2D eigenvalue weighted by atomic mass is 10.1. The number of carbonyl (C=O) groups is 1. The molecule has 138 valence electrons. The van der Waals surface area contributed by atoms with Gasteiger partial charge in [0.05, 0.1) is 13.7 Å². The number of benzene rings is 2. The molecule has 0 saturated carbocycles. The van der Waals surface area contributed by atoms with Crippen molar-refractivity contribution in [1.82, 2.24) is 0 Å². The van der Waals surface area contributed by atoms with Crippen molar-refractivity contribution in [2.45, 2.75) is 19.4 Å². The van der Waals surface area contributed by atoms with E-state index >= 15 is 0 Å². The molecule has 7 heteroatoms. The average Bonchev–Trinajstić information content (AvgIpc) is 2.64. The van der Waals surface area contributed by atoms with Crippen LogP contribution in [-0.2, 0) is 4.79 Å². The molecule has 0 aliphatic rings. The molecule has 0 saturated heterocycles. The van der Waals surface area contributed by atoms with Crippen LogP contribution in [0.25, 0.3) is 0 Å². The molecule has 1 atom stereocenters. The lowest BCUT2D eigenvalue weighted by Crippen LogP contribution is -2.20. The maximum absolute atomic E-state index is 11.8. The number of nitrogen functional groups attached to an aromatic ring is 1. The van der Waals surface area contributed by atoms with Crippen molar-refractivity contribution in [3.63, 3.8) is 0 Å². The molecule has 0 fully saturated rings. The van der Waals surface area contributed by atoms with Gasteiger partial charge in [-0.1, -0.05) is 13.0 Å². The Hall–Kier alpha value is -3.22. The lowest BCUT2D eigenvalue weighted by molar-refractivity contribution is -0.138. The predicted octanol–water partition coefficient (Wildman–Crippen LogP) is 3.01. The number of rotatable bonds is 9. The minimum absolute atomic E-state index is 0.0424. The summed E-state index contributed by atoms with van der Waals surface area (Å²) in [6, 6.07) is 10.8. The Balaban J connectivity index is 2.28. The summed E-state index contributed by atoms with van der Waals surface area (Å²) in [5.74, 6) is -0.00423. The Morgan fingerprint density at radius 1 is 1.23 bits per heavy atom. The summed E-state index contributed by atoms with van der Waals surface area (Å²) in [5, 5.41) is 20.0. The van der Waals surface area contributed by atoms with Crippen molar-refractivity contribution in [2.75, 3.05) is 19.0 Å². The van der Waals surface area contributed by atoms with Crippen LogP contribution in [0.2, 0.25) is 0 Å². The van der Waals surface area contributed by atoms with E-state index in [4.69, 9.17) is 20.6 Å². The Morgan fingerprint density at radius 2 is 1.92 bits per heavy atom. The minimum atomic E-state index is -1.02. The number of hydrogen-bond acceptors (Lipinski definition) is 5. The lowest BCUT2D eigenvalue weighted by Gasteiger charge is -2.18. The van der Waals surface area contributed by atoms with Crippen molar-refractivity contribution >= 4 is 17.5 Å². The Labute approximate surface area is 152 Å². The average molecular weight is 357 g/mol. The van der Waals surface area contributed by atoms with Crippen LogP contribution in [-0.4, -0.2) is 30.6 Å². The van der Waals surface area contributed by atoms with E-state index in [2.05, 4.69) is 5.32 Å². The molecule has 26 heavy (non-hydrogen) atoms. The van der Waals surface area contributed by atoms with Crippen molar-refractivity contribution in [1.29, 1.82) is 5.41 Å². The van der Waals surface area contributed by atoms with Crippen LogP contribution >= 0.6 is 0 Å². The van der Waals surface area contributed by atoms with Crippen molar-refractivity contribution in [3.8, 4) is 11.5 Å². The van der Waals surface area contributed by atoms with E-state index in [0.29, 0.717) is 34.9 Å². The zero-order valence-corrected chi connectivity index (χ0v) is 14.8. The first-order chi connectivity index (χ1) is 12.5. The van der Waals surface area contributed by atoms with Gasteiger partial charge in [-0.3, -0.25) is 5.41 Å². The number of ether oxygens (including phenoxy) is 2. The maximum Gasteiger partial charge on any atom is 0.330 e. The number of carboxylic acid groups (broad SMARTS) is 1. The van der Waals surface area contributed by atoms with Gasteiger partial charge in [0.15, 0.2) is 17.5 Å². The molecule has 0 bridgehead atoms. The molecule has 0 spiro atoms. The maximum atomic E-state index is 11.8. The number of carboxylic acids is 1. The Morgan fingerprint density at radius 3 is 2.46 bits per heavy atom. The summed E-state index contributed by atoms with van der Waals surface area (Å²) in [6.07, 6.45) is 0.830. The van der Waals surface area contributed by atoms with Crippen molar-refractivity contribution in [3.05, 3.63) is 53.6 Å². The monoisotopic (exact) mass is 357 g/mol. The Kier molecular flexibility index (Phi) is 6.43. The van der Waals surface area contributed by atoms with Crippen molar-refractivity contribution in [2.24, 2.45) is 5.73 Å². The first kappa shape index (κ1) is 19.1. The van der Waals surface area contributed by atoms with E-state index in [1.165, 1.54) is 7.11 Å². The van der Waals surface area contributed by atoms with Crippen molar-refractivity contribution < 1.29 is 19.4 Å². The van der Waals surface area contributed by atoms with E-state index < -0.39 is 12.0 Å². The smallest absolute Gasteiger partial charge is 0.330 e. The fourth-order valence-corrected chi connectivity index (χ4v) is 2.40. The normalized spacial score (nSPS) is 11.5. The number of anilines is 1. The molecule has 0 aliphatic heterocycles. The largest absolute Gasteiger partial charge is 0.493 e. The fourth-order valence-electron chi connectivity index (χ4n) is 2.40. The molecule has 0 radical (unpaired) electrons. The first-order valence-corrected chi connectivity index (χ1v) is 8.20. The summed E-state index contributed by atoms with van der Waals surface area (Å²) < 4.78 is 10.9. The highest BCUT2D eigenvalue weighted by molar-refractivity contribution is 5.95. The van der Waals surface area contributed by atoms with E-state index in [1.54, 1.807) is 42.5 Å². The third-order valence-corrected chi connectivity index (χ3v) is 3.74. The standard InChI is InChI=1S/C19H23N3O4/c1-3-10-26-16-11-13(6-9-15(16)25-2)17(19(23)24)22-14-7-4-12(5-8-14)18(20)21/h4-9,11,17,22H,3,10H2,1-2H3,(H3,20,21)(H,23,24). The molecule has 2 rings (SSSR count). The quantitative estimate of drug-likeness (QED) is 0.405. The van der Waals surface area contributed by atoms with E-state index in [1.807, 2.05) is 6.92 Å². The highest BCUT2D eigenvalue weighted by Gasteiger charge is 2.21. The number of amidine groups is 1. The predicted molar refractivity (Wildman–Crippen MR) is 100 cm³/mol. The van der Waals surface area contributed by atoms with Gasteiger partial charge in [0, 0.05) is 11.3 Å². The van der Waals surface area contributed by atoms with Gasteiger partial charge in [0.2, 0.25) is 0 Å². The Bertz CT molecular complexity index is 775. The number of aliphatic carboxylic acids is 1. The van der Waals surface area contributed by atoms with Gasteiger partial charge in [-0.05, 0) is 48.4 Å². The van der Waals surface area contributed by atoms with Gasteiger partial charge in [-0.15, -0.1) is 0 Å². The van der Waals surface area contributed by atoms with Crippen LogP contribution in [0.3, 0.4) is 0 Å². The molecule has 2 aromatic carbocycles. The van der Waals surface area contributed by atoms with Gasteiger partial charge in [-0.25, -0.2) is 4.79 Å². The molecule has 0 aliphatic carbocycles. The minimum Gasteiger partial charge on any atom is -0.493 e. The highest BCUT2D eigenvalue weighted by atomic mass is 16.5. The third kappa shape index (κ3) is 4.66. The molecular weight excluding hydrogens is 334 g/mol. The van der Waals surface area contributed by atoms with Gasteiger partial charge in [0.1, 0.15) is 5.84 Å². The van der Waals surface area contributed by atoms with Crippen LogP contribution < -0.4 is 20.5 Å². The number of hydrogen-bond donors (Lipinski definition) is 4. The van der Waals surface area contributed by atoms with Gasteiger partial charge in [-0.2, -0.15) is 0 Å². The van der Waals surface area contributed by atoms with E-state index in [0.717, 1.165) is 6.42 Å². The SMILES string of the molecule is CCCOc1cc(C(Nc2ccc(C(=N)N)cc2)C(=O)O)ccc1OC. The molecule has 1 unspecified atom stereocenters.